The molecule has 2 aliphatic rings. The Morgan fingerprint density at radius 3 is 2.39 bits per heavy atom. The van der Waals surface area contributed by atoms with Gasteiger partial charge < -0.3 is 15.0 Å². The largest absolute Gasteiger partial charge is 0.353 e. The normalized spacial score (nSPS) is 19.7. The van der Waals surface area contributed by atoms with Crippen LogP contribution in [-0.2, 0) is 20.9 Å². The van der Waals surface area contributed by atoms with Crippen molar-refractivity contribution in [3.63, 3.8) is 0 Å². The summed E-state index contributed by atoms with van der Waals surface area (Å²) in [6.45, 7) is 5.20. The van der Waals surface area contributed by atoms with E-state index in [-0.39, 0.29) is 30.2 Å². The Labute approximate surface area is 193 Å². The van der Waals surface area contributed by atoms with Gasteiger partial charge in [0.1, 0.15) is 11.8 Å². The fraction of sp³-hybridized carbons (Fsp3) is 0.440. The zero-order chi connectivity index (χ0) is 23.4. The van der Waals surface area contributed by atoms with Crippen LogP contribution < -0.4 is 5.32 Å². The third-order valence-electron chi connectivity index (χ3n) is 6.37. The number of nitrogens with zero attached hydrogens (tertiary/aromatic N) is 3. The van der Waals surface area contributed by atoms with Crippen molar-refractivity contribution in [1.29, 1.82) is 0 Å². The summed E-state index contributed by atoms with van der Waals surface area (Å²) in [6.07, 6.45) is 4.29. The Hall–Kier alpha value is -3.26. The quantitative estimate of drug-likeness (QED) is 0.754. The van der Waals surface area contributed by atoms with E-state index >= 15 is 0 Å². The minimum atomic E-state index is -0.903. The Balaban J connectivity index is 1.55. The lowest BCUT2D eigenvalue weighted by Gasteiger charge is -2.44. The van der Waals surface area contributed by atoms with Crippen molar-refractivity contribution in [3.05, 3.63) is 66.0 Å². The van der Waals surface area contributed by atoms with Crippen molar-refractivity contribution in [2.75, 3.05) is 19.7 Å². The van der Waals surface area contributed by atoms with Crippen LogP contribution in [0.2, 0.25) is 0 Å². The fourth-order valence-electron chi connectivity index (χ4n) is 4.54. The molecule has 1 N–H and O–H groups in total. The second-order valence-electron chi connectivity index (χ2n) is 8.87. The average Bonchev–Trinajstić information content (AvgIpc) is 3.21. The molecule has 2 aliphatic heterocycles. The van der Waals surface area contributed by atoms with Gasteiger partial charge in [-0.2, -0.15) is 0 Å². The average molecular weight is 451 g/mol. The number of pyridine rings is 1. The summed E-state index contributed by atoms with van der Waals surface area (Å²) in [6, 6.07) is 11.9. The maximum atomic E-state index is 13.6. The van der Waals surface area contributed by atoms with E-state index in [0.717, 1.165) is 5.56 Å². The van der Waals surface area contributed by atoms with E-state index in [9.17, 15) is 14.4 Å². The Morgan fingerprint density at radius 2 is 1.76 bits per heavy atom. The first-order valence-corrected chi connectivity index (χ1v) is 11.4. The van der Waals surface area contributed by atoms with E-state index in [2.05, 4.69) is 10.3 Å². The SMILES string of the molecule is CC(C)C(=O)N1CCC2(CC1)OCC(C(=O)NCc1ccncc1)N2C(=O)c1ccccc1. The van der Waals surface area contributed by atoms with Crippen molar-refractivity contribution in [2.45, 2.75) is 45.0 Å². The highest BCUT2D eigenvalue weighted by molar-refractivity contribution is 5.98. The van der Waals surface area contributed by atoms with Crippen LogP contribution in [-0.4, -0.2) is 64.0 Å². The number of hydrogen-bond acceptors (Lipinski definition) is 5. The lowest BCUT2D eigenvalue weighted by molar-refractivity contribution is -0.146. The van der Waals surface area contributed by atoms with Gasteiger partial charge in [-0.05, 0) is 29.8 Å². The molecule has 1 spiro atoms. The monoisotopic (exact) mass is 450 g/mol. The van der Waals surface area contributed by atoms with Gasteiger partial charge in [-0.25, -0.2) is 0 Å². The summed E-state index contributed by atoms with van der Waals surface area (Å²) < 4.78 is 6.21. The van der Waals surface area contributed by atoms with Gasteiger partial charge in [0.05, 0.1) is 6.61 Å². The van der Waals surface area contributed by atoms with Gasteiger partial charge >= 0.3 is 0 Å². The summed E-state index contributed by atoms with van der Waals surface area (Å²) in [5.74, 6) is -0.484. The molecule has 33 heavy (non-hydrogen) atoms. The molecular formula is C25H30N4O4. The molecule has 8 heteroatoms. The zero-order valence-corrected chi connectivity index (χ0v) is 19.1. The van der Waals surface area contributed by atoms with Gasteiger partial charge in [0, 0.05) is 56.4 Å². The molecule has 1 aromatic heterocycles. The number of carbonyl (C=O) groups excluding carboxylic acids is 3. The highest BCUT2D eigenvalue weighted by atomic mass is 16.5. The summed E-state index contributed by atoms with van der Waals surface area (Å²) in [5, 5.41) is 2.94. The van der Waals surface area contributed by atoms with E-state index in [4.69, 9.17) is 4.74 Å². The fourth-order valence-corrected chi connectivity index (χ4v) is 4.54. The van der Waals surface area contributed by atoms with Crippen molar-refractivity contribution < 1.29 is 19.1 Å². The van der Waals surface area contributed by atoms with E-state index in [1.54, 1.807) is 41.6 Å². The molecular weight excluding hydrogens is 420 g/mol. The predicted molar refractivity (Wildman–Crippen MR) is 122 cm³/mol. The molecule has 0 aliphatic carbocycles. The molecule has 2 aromatic rings. The van der Waals surface area contributed by atoms with Crippen LogP contribution in [0.4, 0.5) is 0 Å². The number of carbonyl (C=O) groups is 3. The number of hydrogen-bond donors (Lipinski definition) is 1. The number of amides is 3. The Kier molecular flexibility index (Phi) is 6.74. The number of aromatic nitrogens is 1. The number of benzene rings is 1. The third-order valence-corrected chi connectivity index (χ3v) is 6.37. The minimum Gasteiger partial charge on any atom is -0.353 e. The third kappa shape index (κ3) is 4.75. The lowest BCUT2D eigenvalue weighted by Crippen LogP contribution is -2.60. The Morgan fingerprint density at radius 1 is 1.09 bits per heavy atom. The zero-order valence-electron chi connectivity index (χ0n) is 19.1. The highest BCUT2D eigenvalue weighted by Gasteiger charge is 2.54. The smallest absolute Gasteiger partial charge is 0.256 e. The van der Waals surface area contributed by atoms with Gasteiger partial charge in [0.2, 0.25) is 11.8 Å². The number of ether oxygens (including phenoxy) is 1. The van der Waals surface area contributed by atoms with Crippen molar-refractivity contribution >= 4 is 17.7 Å². The first-order chi connectivity index (χ1) is 15.9. The number of piperidine rings is 1. The number of likely N-dealkylation sites (tertiary alicyclic amines) is 1. The van der Waals surface area contributed by atoms with Crippen LogP contribution in [0.5, 0.6) is 0 Å². The van der Waals surface area contributed by atoms with Gasteiger partial charge in [-0.1, -0.05) is 32.0 Å². The topological polar surface area (TPSA) is 91.8 Å². The van der Waals surface area contributed by atoms with Crippen LogP contribution in [0.15, 0.2) is 54.9 Å². The van der Waals surface area contributed by atoms with Crippen LogP contribution in [0.1, 0.15) is 42.6 Å². The van der Waals surface area contributed by atoms with Crippen LogP contribution >= 0.6 is 0 Å². The molecule has 3 heterocycles. The molecule has 0 bridgehead atoms. The van der Waals surface area contributed by atoms with Gasteiger partial charge in [0.15, 0.2) is 0 Å². The molecule has 0 radical (unpaired) electrons. The van der Waals surface area contributed by atoms with Crippen molar-refractivity contribution in [3.8, 4) is 0 Å². The molecule has 3 amide bonds. The van der Waals surface area contributed by atoms with E-state index in [0.29, 0.717) is 38.0 Å². The van der Waals surface area contributed by atoms with Crippen LogP contribution in [0.25, 0.3) is 0 Å². The highest BCUT2D eigenvalue weighted by Crippen LogP contribution is 2.38. The molecule has 2 fully saturated rings. The molecule has 174 valence electrons. The van der Waals surface area contributed by atoms with E-state index in [1.165, 1.54) is 0 Å². The maximum absolute atomic E-state index is 13.6. The standard InChI is InChI=1S/C25H30N4O4/c1-18(2)23(31)28-14-10-25(11-15-28)29(24(32)20-6-4-3-5-7-20)21(17-33-25)22(30)27-16-19-8-12-26-13-9-19/h3-9,12-13,18,21H,10-11,14-17H2,1-2H3,(H,27,30). The second kappa shape index (κ2) is 9.70. The van der Waals surface area contributed by atoms with Crippen LogP contribution in [0.3, 0.4) is 0 Å². The lowest BCUT2D eigenvalue weighted by atomic mass is 9.95. The van der Waals surface area contributed by atoms with Gasteiger partial charge in [-0.3, -0.25) is 24.3 Å². The first kappa shape index (κ1) is 22.9. The predicted octanol–water partition coefficient (Wildman–Crippen LogP) is 2.21. The van der Waals surface area contributed by atoms with Crippen LogP contribution in [0, 0.1) is 5.92 Å². The molecule has 4 rings (SSSR count). The van der Waals surface area contributed by atoms with E-state index < -0.39 is 11.8 Å². The van der Waals surface area contributed by atoms with Crippen molar-refractivity contribution in [1.82, 2.24) is 20.1 Å². The molecule has 1 atom stereocenters. The van der Waals surface area contributed by atoms with Gasteiger partial charge in [0.25, 0.3) is 5.91 Å². The van der Waals surface area contributed by atoms with Gasteiger partial charge in [-0.15, -0.1) is 0 Å². The summed E-state index contributed by atoms with van der Waals surface area (Å²) in [5.41, 5.74) is 0.530. The molecule has 0 saturated carbocycles. The Bertz CT molecular complexity index is 988. The first-order valence-electron chi connectivity index (χ1n) is 11.4. The van der Waals surface area contributed by atoms with E-state index in [1.807, 2.05) is 36.9 Å². The summed E-state index contributed by atoms with van der Waals surface area (Å²) >= 11 is 0. The second-order valence-corrected chi connectivity index (χ2v) is 8.87. The molecule has 8 nitrogen and oxygen atoms in total. The summed E-state index contributed by atoms with van der Waals surface area (Å²) in [4.78, 5) is 46.7. The number of nitrogens with one attached hydrogen (secondary N) is 1. The summed E-state index contributed by atoms with van der Waals surface area (Å²) in [7, 11) is 0. The molecule has 2 saturated heterocycles. The van der Waals surface area contributed by atoms with Crippen molar-refractivity contribution in [2.24, 2.45) is 5.92 Å². The minimum absolute atomic E-state index is 0.0858. The molecule has 1 aromatic carbocycles. The molecule has 1 unspecified atom stereocenters. The number of rotatable bonds is 5. The maximum Gasteiger partial charge on any atom is 0.256 e.